The van der Waals surface area contributed by atoms with E-state index in [9.17, 15) is 4.79 Å². The molecular weight excluding hydrogens is 188 g/mol. The highest BCUT2D eigenvalue weighted by Crippen LogP contribution is 2.10. The third-order valence-electron chi connectivity index (χ3n) is 2.25. The van der Waals surface area contributed by atoms with Crippen LogP contribution in [-0.2, 0) is 9.53 Å². The standard InChI is InChI=1S/C13H26O2/c1-11(2)12(14)9-7-6-8-10-15-13(3,4)5/h11H,6-10H2,1-5H3. The van der Waals surface area contributed by atoms with Gasteiger partial charge in [-0.1, -0.05) is 20.3 Å². The van der Waals surface area contributed by atoms with E-state index in [0.717, 1.165) is 32.3 Å². The van der Waals surface area contributed by atoms with Crippen LogP contribution in [0, 0.1) is 5.92 Å². The van der Waals surface area contributed by atoms with Crippen molar-refractivity contribution in [3.05, 3.63) is 0 Å². The number of hydrogen-bond acceptors (Lipinski definition) is 2. The number of carbonyl (C=O) groups excluding carboxylic acids is 1. The molecule has 0 heterocycles. The molecule has 0 aromatic carbocycles. The lowest BCUT2D eigenvalue weighted by molar-refractivity contribution is -0.122. The molecule has 0 radical (unpaired) electrons. The number of ketones is 1. The maximum atomic E-state index is 11.3. The summed E-state index contributed by atoms with van der Waals surface area (Å²) in [6, 6.07) is 0. The average Bonchev–Trinajstić information content (AvgIpc) is 2.08. The Morgan fingerprint density at radius 3 is 2.20 bits per heavy atom. The second kappa shape index (κ2) is 7.00. The predicted octanol–water partition coefficient (Wildman–Crippen LogP) is 3.59. The van der Waals surface area contributed by atoms with Crippen LogP contribution < -0.4 is 0 Å². The van der Waals surface area contributed by atoms with Gasteiger partial charge in [-0.15, -0.1) is 0 Å². The molecule has 2 heteroatoms. The van der Waals surface area contributed by atoms with E-state index in [2.05, 4.69) is 20.8 Å². The molecule has 0 saturated heterocycles. The molecule has 0 atom stereocenters. The number of carbonyl (C=O) groups is 1. The van der Waals surface area contributed by atoms with Crippen molar-refractivity contribution in [2.24, 2.45) is 5.92 Å². The summed E-state index contributed by atoms with van der Waals surface area (Å²) in [7, 11) is 0. The Morgan fingerprint density at radius 2 is 1.73 bits per heavy atom. The first-order valence-electron chi connectivity index (χ1n) is 5.99. The van der Waals surface area contributed by atoms with Gasteiger partial charge < -0.3 is 4.74 Å². The van der Waals surface area contributed by atoms with Crippen LogP contribution in [0.25, 0.3) is 0 Å². The lowest BCUT2D eigenvalue weighted by atomic mass is 10.0. The first-order valence-corrected chi connectivity index (χ1v) is 5.99. The van der Waals surface area contributed by atoms with E-state index >= 15 is 0 Å². The third-order valence-corrected chi connectivity index (χ3v) is 2.25. The van der Waals surface area contributed by atoms with Gasteiger partial charge in [-0.05, 0) is 33.6 Å². The van der Waals surface area contributed by atoms with Gasteiger partial charge in [0.05, 0.1) is 5.60 Å². The molecule has 0 bridgehead atoms. The quantitative estimate of drug-likeness (QED) is 0.605. The van der Waals surface area contributed by atoms with E-state index in [4.69, 9.17) is 4.74 Å². The zero-order valence-corrected chi connectivity index (χ0v) is 10.9. The van der Waals surface area contributed by atoms with E-state index in [1.54, 1.807) is 0 Å². The fourth-order valence-corrected chi connectivity index (χ4v) is 1.25. The molecule has 0 spiro atoms. The van der Waals surface area contributed by atoms with Crippen molar-refractivity contribution in [3.8, 4) is 0 Å². The third kappa shape index (κ3) is 9.92. The maximum absolute atomic E-state index is 11.3. The normalized spacial score (nSPS) is 12.1. The van der Waals surface area contributed by atoms with Crippen LogP contribution in [-0.4, -0.2) is 18.0 Å². The largest absolute Gasteiger partial charge is 0.376 e. The highest BCUT2D eigenvalue weighted by molar-refractivity contribution is 5.80. The maximum Gasteiger partial charge on any atom is 0.135 e. The summed E-state index contributed by atoms with van der Waals surface area (Å²) >= 11 is 0. The van der Waals surface area contributed by atoms with Crippen molar-refractivity contribution in [2.75, 3.05) is 6.61 Å². The van der Waals surface area contributed by atoms with Crippen LogP contribution in [0.1, 0.15) is 60.3 Å². The van der Waals surface area contributed by atoms with Crippen molar-refractivity contribution in [3.63, 3.8) is 0 Å². The highest BCUT2D eigenvalue weighted by Gasteiger charge is 2.09. The fourth-order valence-electron chi connectivity index (χ4n) is 1.25. The zero-order valence-electron chi connectivity index (χ0n) is 10.9. The number of Topliss-reactive ketones (excluding diaryl/α,β-unsaturated/α-hetero) is 1. The Balaban J connectivity index is 3.30. The summed E-state index contributed by atoms with van der Waals surface area (Å²) in [5.74, 6) is 0.572. The molecule has 0 aliphatic carbocycles. The van der Waals surface area contributed by atoms with Crippen LogP contribution in [0.15, 0.2) is 0 Å². The summed E-state index contributed by atoms with van der Waals surface area (Å²) in [6.45, 7) is 10.9. The van der Waals surface area contributed by atoms with Crippen LogP contribution in [0.3, 0.4) is 0 Å². The highest BCUT2D eigenvalue weighted by atomic mass is 16.5. The topological polar surface area (TPSA) is 26.3 Å². The van der Waals surface area contributed by atoms with E-state index in [1.165, 1.54) is 0 Å². The van der Waals surface area contributed by atoms with E-state index < -0.39 is 0 Å². The molecule has 0 aromatic heterocycles. The second-order valence-electron chi connectivity index (χ2n) is 5.39. The SMILES string of the molecule is CC(C)C(=O)CCCCCOC(C)(C)C. The molecule has 2 nitrogen and oxygen atoms in total. The molecule has 0 unspecified atom stereocenters. The first kappa shape index (κ1) is 14.6. The fraction of sp³-hybridized carbons (Fsp3) is 0.923. The number of ether oxygens (including phenoxy) is 1. The first-order chi connectivity index (χ1) is 6.83. The molecule has 0 saturated carbocycles. The molecule has 0 aliphatic heterocycles. The Morgan fingerprint density at radius 1 is 1.13 bits per heavy atom. The smallest absolute Gasteiger partial charge is 0.135 e. The van der Waals surface area contributed by atoms with Gasteiger partial charge in [-0.2, -0.15) is 0 Å². The van der Waals surface area contributed by atoms with E-state index in [0.29, 0.717) is 5.78 Å². The summed E-state index contributed by atoms with van der Waals surface area (Å²) in [5, 5.41) is 0. The molecule has 0 amide bonds. The van der Waals surface area contributed by atoms with Crippen molar-refractivity contribution < 1.29 is 9.53 Å². The summed E-state index contributed by atoms with van der Waals surface area (Å²) < 4.78 is 5.60. The van der Waals surface area contributed by atoms with Crippen LogP contribution in [0.5, 0.6) is 0 Å². The summed E-state index contributed by atoms with van der Waals surface area (Å²) in [5.41, 5.74) is -0.0340. The minimum Gasteiger partial charge on any atom is -0.376 e. The predicted molar refractivity (Wildman–Crippen MR) is 64.0 cm³/mol. The van der Waals surface area contributed by atoms with Gasteiger partial charge in [-0.3, -0.25) is 4.79 Å². The number of rotatable bonds is 7. The molecular formula is C13H26O2. The van der Waals surface area contributed by atoms with E-state index in [1.807, 2.05) is 13.8 Å². The Kier molecular flexibility index (Phi) is 6.82. The molecule has 0 N–H and O–H groups in total. The van der Waals surface area contributed by atoms with Gasteiger partial charge in [0, 0.05) is 18.9 Å². The van der Waals surface area contributed by atoms with Gasteiger partial charge >= 0.3 is 0 Å². The molecule has 0 rings (SSSR count). The molecule has 0 aliphatic rings. The van der Waals surface area contributed by atoms with Crippen LogP contribution in [0.2, 0.25) is 0 Å². The van der Waals surface area contributed by atoms with Crippen molar-refractivity contribution in [2.45, 2.75) is 65.9 Å². The molecule has 0 aromatic rings. The molecule has 90 valence electrons. The lowest BCUT2D eigenvalue weighted by Crippen LogP contribution is -2.19. The van der Waals surface area contributed by atoms with Gasteiger partial charge in [0.1, 0.15) is 5.78 Å². The van der Waals surface area contributed by atoms with E-state index in [-0.39, 0.29) is 11.5 Å². The van der Waals surface area contributed by atoms with Gasteiger partial charge in [0.15, 0.2) is 0 Å². The Labute approximate surface area is 94.4 Å². The molecule has 0 fully saturated rings. The Hall–Kier alpha value is -0.370. The van der Waals surface area contributed by atoms with Crippen LogP contribution >= 0.6 is 0 Å². The number of unbranched alkanes of at least 4 members (excludes halogenated alkanes) is 2. The van der Waals surface area contributed by atoms with Crippen molar-refractivity contribution >= 4 is 5.78 Å². The van der Waals surface area contributed by atoms with Crippen molar-refractivity contribution in [1.29, 1.82) is 0 Å². The minimum absolute atomic E-state index is 0.0340. The van der Waals surface area contributed by atoms with Crippen molar-refractivity contribution in [1.82, 2.24) is 0 Å². The zero-order chi connectivity index (χ0) is 11.9. The van der Waals surface area contributed by atoms with Gasteiger partial charge in [0.2, 0.25) is 0 Å². The second-order valence-corrected chi connectivity index (χ2v) is 5.39. The monoisotopic (exact) mass is 214 g/mol. The van der Waals surface area contributed by atoms with Crippen LogP contribution in [0.4, 0.5) is 0 Å². The minimum atomic E-state index is -0.0340. The Bertz CT molecular complexity index is 177. The summed E-state index contributed by atoms with van der Waals surface area (Å²) in [4.78, 5) is 11.3. The number of hydrogen-bond donors (Lipinski definition) is 0. The summed E-state index contributed by atoms with van der Waals surface area (Å²) in [6.07, 6.45) is 3.88. The van der Waals surface area contributed by atoms with Gasteiger partial charge in [-0.25, -0.2) is 0 Å². The average molecular weight is 214 g/mol. The molecule has 15 heavy (non-hydrogen) atoms. The lowest BCUT2D eigenvalue weighted by Gasteiger charge is -2.19. The van der Waals surface area contributed by atoms with Gasteiger partial charge in [0.25, 0.3) is 0 Å².